The molecule has 0 aliphatic heterocycles. The van der Waals surface area contributed by atoms with Crippen molar-refractivity contribution < 1.29 is 9.59 Å². The summed E-state index contributed by atoms with van der Waals surface area (Å²) in [5.74, 6) is 0.933. The van der Waals surface area contributed by atoms with Gasteiger partial charge in [-0.05, 0) is 19.8 Å². The molecule has 2 nitrogen and oxygen atoms in total. The third-order valence-electron chi connectivity index (χ3n) is 1.88. The van der Waals surface area contributed by atoms with Crippen LogP contribution in [0.5, 0.6) is 0 Å². The predicted octanol–water partition coefficient (Wildman–Crippen LogP) is 3.51. The quantitative estimate of drug-likeness (QED) is 0.730. The molecule has 16 heavy (non-hydrogen) atoms. The predicted molar refractivity (Wildman–Crippen MR) is 66.6 cm³/mol. The van der Waals surface area contributed by atoms with Gasteiger partial charge >= 0.3 is 0 Å². The van der Waals surface area contributed by atoms with E-state index in [0.717, 1.165) is 12.0 Å². The molecule has 0 spiro atoms. The molecule has 0 saturated heterocycles. The lowest BCUT2D eigenvalue weighted by Gasteiger charge is -1.95. The van der Waals surface area contributed by atoms with Crippen molar-refractivity contribution in [2.45, 2.75) is 34.1 Å². The Labute approximate surface area is 97.7 Å². The maximum atomic E-state index is 10.6. The molecule has 0 aliphatic rings. The second-order valence-corrected chi connectivity index (χ2v) is 4.22. The Balaban J connectivity index is 0.000000293. The van der Waals surface area contributed by atoms with Gasteiger partial charge in [0, 0.05) is 12.0 Å². The molecule has 0 aromatic heterocycles. The molecule has 0 bridgehead atoms. The minimum atomic E-state index is 0.121. The fraction of sp³-hybridized carbons (Fsp3) is 0.429. The van der Waals surface area contributed by atoms with Gasteiger partial charge < -0.3 is 4.79 Å². The highest BCUT2D eigenvalue weighted by Crippen LogP contribution is 1.98. The van der Waals surface area contributed by atoms with Crippen LogP contribution in [0.3, 0.4) is 0 Å². The Kier molecular flexibility index (Phi) is 7.10. The maximum Gasteiger partial charge on any atom is 0.159 e. The highest BCUT2D eigenvalue weighted by atomic mass is 16.1. The smallest absolute Gasteiger partial charge is 0.159 e. The van der Waals surface area contributed by atoms with Crippen LogP contribution in [0.4, 0.5) is 0 Å². The van der Waals surface area contributed by atoms with Gasteiger partial charge in [0.05, 0.1) is 0 Å². The molecule has 0 radical (unpaired) electrons. The molecule has 0 aliphatic carbocycles. The van der Waals surface area contributed by atoms with Crippen molar-refractivity contribution >= 4 is 11.6 Å². The summed E-state index contributed by atoms with van der Waals surface area (Å²) >= 11 is 0. The summed E-state index contributed by atoms with van der Waals surface area (Å²) in [6.45, 7) is 7.28. The fourth-order valence-electron chi connectivity index (χ4n) is 1.25. The molecule has 0 saturated carbocycles. The zero-order valence-electron chi connectivity index (χ0n) is 10.5. The van der Waals surface area contributed by atoms with Gasteiger partial charge in [-0.25, -0.2) is 0 Å². The molecule has 88 valence electrons. The number of ketones is 2. The maximum absolute atomic E-state index is 10.6. The first-order chi connectivity index (χ1) is 7.43. The van der Waals surface area contributed by atoms with E-state index in [1.54, 1.807) is 13.8 Å². The average molecular weight is 220 g/mol. The number of hydrogen-bond donors (Lipinski definition) is 0. The average Bonchev–Trinajstić information content (AvgIpc) is 2.17. The van der Waals surface area contributed by atoms with Crippen LogP contribution in [0.2, 0.25) is 0 Å². The summed E-state index contributed by atoms with van der Waals surface area (Å²) in [5, 5.41) is 0. The van der Waals surface area contributed by atoms with Crippen molar-refractivity contribution in [2.75, 3.05) is 0 Å². The number of carbonyl (C=O) groups is 2. The van der Waals surface area contributed by atoms with Crippen LogP contribution < -0.4 is 0 Å². The molecule has 2 heteroatoms. The molecule has 0 N–H and O–H groups in total. The molecular formula is C14H20O2. The summed E-state index contributed by atoms with van der Waals surface area (Å²) in [4.78, 5) is 20.9. The molecule has 1 aromatic carbocycles. The number of hydrogen-bond acceptors (Lipinski definition) is 2. The largest absolute Gasteiger partial charge is 0.300 e. The summed E-state index contributed by atoms with van der Waals surface area (Å²) in [6, 6.07) is 9.23. The van der Waals surface area contributed by atoms with Crippen molar-refractivity contribution in [1.82, 2.24) is 0 Å². The lowest BCUT2D eigenvalue weighted by atomic mass is 10.1. The van der Waals surface area contributed by atoms with Crippen LogP contribution >= 0.6 is 0 Å². The monoisotopic (exact) mass is 220 g/mol. The molecular weight excluding hydrogens is 200 g/mol. The van der Waals surface area contributed by atoms with Crippen LogP contribution in [0, 0.1) is 5.92 Å². The lowest BCUT2D eigenvalue weighted by molar-refractivity contribution is -0.117. The Hall–Kier alpha value is -1.44. The number of Topliss-reactive ketones (excluding diaryl/α,β-unsaturated/α-hetero) is 2. The Morgan fingerprint density at radius 3 is 1.75 bits per heavy atom. The van der Waals surface area contributed by atoms with Crippen molar-refractivity contribution in [1.29, 1.82) is 0 Å². The van der Waals surface area contributed by atoms with E-state index in [1.165, 1.54) is 0 Å². The van der Waals surface area contributed by atoms with Crippen LogP contribution in [-0.4, -0.2) is 11.6 Å². The molecule has 0 atom stereocenters. The molecule has 0 amide bonds. The number of rotatable bonds is 3. The minimum Gasteiger partial charge on any atom is -0.300 e. The molecule has 1 rings (SSSR count). The highest BCUT2D eigenvalue weighted by molar-refractivity contribution is 5.93. The van der Waals surface area contributed by atoms with E-state index >= 15 is 0 Å². The standard InChI is InChI=1S/C8H8O.C6H12O/c1-7(9)8-5-3-2-4-6-8;1-5(2)4-6(3)7/h2-6H,1H3;5H,4H2,1-3H3. The van der Waals surface area contributed by atoms with Crippen molar-refractivity contribution in [3.63, 3.8) is 0 Å². The molecule has 0 heterocycles. The Morgan fingerprint density at radius 2 is 1.56 bits per heavy atom. The van der Waals surface area contributed by atoms with Crippen molar-refractivity contribution in [2.24, 2.45) is 5.92 Å². The Bertz CT molecular complexity index is 326. The van der Waals surface area contributed by atoms with E-state index in [-0.39, 0.29) is 11.6 Å². The second kappa shape index (κ2) is 7.80. The zero-order chi connectivity index (χ0) is 12.6. The molecule has 0 unspecified atom stereocenters. The third-order valence-corrected chi connectivity index (χ3v) is 1.88. The van der Waals surface area contributed by atoms with Gasteiger partial charge in [-0.2, -0.15) is 0 Å². The Morgan fingerprint density at radius 1 is 1.06 bits per heavy atom. The molecule has 0 fully saturated rings. The van der Waals surface area contributed by atoms with E-state index in [2.05, 4.69) is 0 Å². The van der Waals surface area contributed by atoms with Gasteiger partial charge in [-0.1, -0.05) is 44.2 Å². The second-order valence-electron chi connectivity index (χ2n) is 4.22. The highest BCUT2D eigenvalue weighted by Gasteiger charge is 1.95. The van der Waals surface area contributed by atoms with Gasteiger partial charge in [-0.15, -0.1) is 0 Å². The van der Waals surface area contributed by atoms with Crippen LogP contribution in [0.25, 0.3) is 0 Å². The summed E-state index contributed by atoms with van der Waals surface area (Å²) in [5.41, 5.74) is 0.775. The van der Waals surface area contributed by atoms with Crippen LogP contribution in [-0.2, 0) is 4.79 Å². The van der Waals surface area contributed by atoms with Crippen LogP contribution in [0.1, 0.15) is 44.5 Å². The normalized spacial score (nSPS) is 9.31. The van der Waals surface area contributed by atoms with Gasteiger partial charge in [-0.3, -0.25) is 4.79 Å². The van der Waals surface area contributed by atoms with Gasteiger partial charge in [0.15, 0.2) is 5.78 Å². The SMILES string of the molecule is CC(=O)CC(C)C.CC(=O)c1ccccc1. The lowest BCUT2D eigenvalue weighted by Crippen LogP contribution is -1.95. The molecule has 1 aromatic rings. The number of benzene rings is 1. The van der Waals surface area contributed by atoms with Crippen molar-refractivity contribution in [3.05, 3.63) is 35.9 Å². The van der Waals surface area contributed by atoms with Gasteiger partial charge in [0.25, 0.3) is 0 Å². The van der Waals surface area contributed by atoms with E-state index in [1.807, 2.05) is 44.2 Å². The first-order valence-corrected chi connectivity index (χ1v) is 5.49. The summed E-state index contributed by atoms with van der Waals surface area (Å²) in [7, 11) is 0. The van der Waals surface area contributed by atoms with Crippen molar-refractivity contribution in [3.8, 4) is 0 Å². The van der Waals surface area contributed by atoms with E-state index in [4.69, 9.17) is 0 Å². The summed E-state index contributed by atoms with van der Waals surface area (Å²) < 4.78 is 0. The first-order valence-electron chi connectivity index (χ1n) is 5.49. The first kappa shape index (κ1) is 14.6. The van der Waals surface area contributed by atoms with Gasteiger partial charge in [0.2, 0.25) is 0 Å². The third kappa shape index (κ3) is 7.92. The van der Waals surface area contributed by atoms with Gasteiger partial charge in [0.1, 0.15) is 5.78 Å². The topological polar surface area (TPSA) is 34.1 Å². The zero-order valence-corrected chi connectivity index (χ0v) is 10.5. The fourth-order valence-corrected chi connectivity index (χ4v) is 1.25. The van der Waals surface area contributed by atoms with Crippen LogP contribution in [0.15, 0.2) is 30.3 Å². The minimum absolute atomic E-state index is 0.121. The van der Waals surface area contributed by atoms with E-state index in [9.17, 15) is 9.59 Å². The number of carbonyl (C=O) groups excluding carboxylic acids is 2. The van der Waals surface area contributed by atoms with E-state index in [0.29, 0.717) is 5.92 Å². The summed E-state index contributed by atoms with van der Waals surface area (Å²) in [6.07, 6.45) is 0.722. The van der Waals surface area contributed by atoms with E-state index < -0.39 is 0 Å².